The van der Waals surface area contributed by atoms with Crippen LogP contribution in [-0.2, 0) is 57.1 Å². The molecule has 0 fully saturated rings. The Bertz CT molecular complexity index is 1890. The molecule has 0 aliphatic carbocycles. The van der Waals surface area contributed by atoms with Crippen LogP contribution in [0.15, 0.2) is 72.9 Å². The molecule has 2 aromatic rings. The standard InChI is InChI=1S/C46H60N4O20/c1-29(2)39(51)63-25-21-59-17-13-47-43(55)67-33-9-10-35(69-45(57)49-15-19-61-23-27-65-41(53)31(5)6)38-36(70-46(58)50-16-20-62-24-28-66-42(54)32(7)8)12-11-34(37(33)38)68-44(56)48-14-18-60-22-26-64-40(52)30(3)4/h9-12H,1,3,5,7,13-28H2,2,4,6,8H3,(H,47,55)(H,48,56)(H,49,57)(H,50,58). The van der Waals surface area contributed by atoms with Crippen molar-refractivity contribution in [2.24, 2.45) is 0 Å². The van der Waals surface area contributed by atoms with Crippen LogP contribution in [-0.4, -0.2) is 154 Å². The first kappa shape index (κ1) is 58.6. The van der Waals surface area contributed by atoms with Crippen LogP contribution in [0.3, 0.4) is 0 Å². The van der Waals surface area contributed by atoms with Crippen molar-refractivity contribution in [3.8, 4) is 23.0 Å². The molecule has 0 spiro atoms. The molecule has 0 aliphatic rings. The molecular weight excluding hydrogens is 929 g/mol. The number of benzene rings is 2. The molecule has 2 rings (SSSR count). The maximum Gasteiger partial charge on any atom is 0.412 e. The van der Waals surface area contributed by atoms with Crippen LogP contribution in [0.25, 0.3) is 10.8 Å². The summed E-state index contributed by atoms with van der Waals surface area (Å²) in [7, 11) is 0. The number of hydrogen-bond acceptors (Lipinski definition) is 20. The lowest BCUT2D eigenvalue weighted by Gasteiger charge is -2.18. The van der Waals surface area contributed by atoms with Gasteiger partial charge >= 0.3 is 48.3 Å². The van der Waals surface area contributed by atoms with Gasteiger partial charge in [-0.1, -0.05) is 26.3 Å². The summed E-state index contributed by atoms with van der Waals surface area (Å²) in [6.07, 6.45) is -4.06. The van der Waals surface area contributed by atoms with Gasteiger partial charge in [0.25, 0.3) is 0 Å². The zero-order valence-corrected chi connectivity index (χ0v) is 39.6. The number of nitrogens with one attached hydrogen (secondary N) is 4. The fourth-order valence-corrected chi connectivity index (χ4v) is 4.83. The molecule has 4 amide bonds. The van der Waals surface area contributed by atoms with Crippen LogP contribution in [0, 0.1) is 0 Å². The van der Waals surface area contributed by atoms with Gasteiger partial charge < -0.3 is 78.1 Å². The zero-order valence-electron chi connectivity index (χ0n) is 39.6. The van der Waals surface area contributed by atoms with Crippen molar-refractivity contribution in [1.29, 1.82) is 0 Å². The first-order valence-corrected chi connectivity index (χ1v) is 21.4. The van der Waals surface area contributed by atoms with Gasteiger partial charge in [-0.2, -0.15) is 0 Å². The van der Waals surface area contributed by atoms with E-state index in [1.54, 1.807) is 0 Å². The molecule has 70 heavy (non-hydrogen) atoms. The van der Waals surface area contributed by atoms with Gasteiger partial charge in [-0.3, -0.25) is 0 Å². The minimum absolute atomic E-state index is 0.0194. The molecule has 0 bridgehead atoms. The number of ether oxygens (including phenoxy) is 12. The summed E-state index contributed by atoms with van der Waals surface area (Å²) in [6.45, 7) is 19.4. The number of rotatable bonds is 32. The molecule has 0 aromatic heterocycles. The molecule has 0 atom stereocenters. The Labute approximate surface area is 403 Å². The second-order valence-electron chi connectivity index (χ2n) is 14.3. The van der Waals surface area contributed by atoms with Gasteiger partial charge in [0.05, 0.1) is 63.6 Å². The molecular formula is C46H60N4O20. The number of amides is 4. The SMILES string of the molecule is C=C(C)C(=O)OCCOCCNC(=O)Oc1ccc(OC(=O)NCCOCCOC(=O)C(=C)C)c2c(OC(=O)NCCOCCOC(=O)C(=C)C)ccc(OC(=O)NCCOCCOC(=O)C(=C)C)c12. The van der Waals surface area contributed by atoms with E-state index < -0.39 is 48.3 Å². The molecule has 0 radical (unpaired) electrons. The van der Waals surface area contributed by atoms with Crippen LogP contribution in [0.2, 0.25) is 0 Å². The fourth-order valence-electron chi connectivity index (χ4n) is 4.83. The highest BCUT2D eigenvalue weighted by Gasteiger charge is 2.24. The summed E-state index contributed by atoms with van der Waals surface area (Å²) < 4.78 is 63.9. The van der Waals surface area contributed by atoms with E-state index in [4.69, 9.17) is 56.8 Å². The van der Waals surface area contributed by atoms with Gasteiger partial charge in [-0.05, 0) is 52.0 Å². The van der Waals surface area contributed by atoms with Crippen molar-refractivity contribution in [3.05, 3.63) is 72.9 Å². The van der Waals surface area contributed by atoms with Gasteiger partial charge in [-0.15, -0.1) is 0 Å². The van der Waals surface area contributed by atoms with Crippen LogP contribution >= 0.6 is 0 Å². The van der Waals surface area contributed by atoms with E-state index in [-0.39, 0.29) is 162 Å². The maximum absolute atomic E-state index is 13.1. The number of esters is 4. The van der Waals surface area contributed by atoms with E-state index >= 15 is 0 Å². The molecule has 0 unspecified atom stereocenters. The number of fused-ring (bicyclic) bond motifs is 1. The normalized spacial score (nSPS) is 10.4. The molecule has 24 nitrogen and oxygen atoms in total. The summed E-state index contributed by atoms with van der Waals surface area (Å²) in [5.74, 6) is -3.41. The molecule has 0 saturated heterocycles. The van der Waals surface area contributed by atoms with Crippen molar-refractivity contribution >= 4 is 59.0 Å². The zero-order chi connectivity index (χ0) is 51.8. The third kappa shape index (κ3) is 24.0. The second kappa shape index (κ2) is 33.0. The highest BCUT2D eigenvalue weighted by Crippen LogP contribution is 2.45. The summed E-state index contributed by atoms with van der Waals surface area (Å²) in [4.78, 5) is 98.8. The monoisotopic (exact) mass is 988 g/mol. The predicted molar refractivity (Wildman–Crippen MR) is 246 cm³/mol. The Morgan fingerprint density at radius 1 is 0.343 bits per heavy atom. The molecule has 0 saturated carbocycles. The molecule has 0 aliphatic heterocycles. The van der Waals surface area contributed by atoms with Crippen molar-refractivity contribution in [1.82, 2.24) is 21.3 Å². The van der Waals surface area contributed by atoms with E-state index in [0.29, 0.717) is 0 Å². The Balaban J connectivity index is 2.36. The first-order valence-electron chi connectivity index (χ1n) is 21.4. The van der Waals surface area contributed by atoms with Gasteiger partial charge in [0.1, 0.15) is 49.4 Å². The van der Waals surface area contributed by atoms with E-state index in [2.05, 4.69) is 47.6 Å². The van der Waals surface area contributed by atoms with Crippen LogP contribution < -0.4 is 40.2 Å². The summed E-state index contributed by atoms with van der Waals surface area (Å²) in [5, 5.41) is 9.57. The number of carbonyl (C=O) groups excluding carboxylic acids is 8. The lowest BCUT2D eigenvalue weighted by molar-refractivity contribution is -0.141. The van der Waals surface area contributed by atoms with E-state index in [0.717, 1.165) is 0 Å². The Morgan fingerprint density at radius 2 is 0.543 bits per heavy atom. The van der Waals surface area contributed by atoms with Gasteiger partial charge in [0.2, 0.25) is 0 Å². The molecule has 4 N–H and O–H groups in total. The van der Waals surface area contributed by atoms with E-state index in [1.807, 2.05) is 0 Å². The number of hydrogen-bond donors (Lipinski definition) is 4. The average molecular weight is 989 g/mol. The highest BCUT2D eigenvalue weighted by molar-refractivity contribution is 6.05. The third-order valence-corrected chi connectivity index (χ3v) is 8.12. The Kier molecular flexibility index (Phi) is 27.7. The Morgan fingerprint density at radius 3 is 0.729 bits per heavy atom. The average Bonchev–Trinajstić information content (AvgIpc) is 3.30. The maximum atomic E-state index is 13.1. The van der Waals surface area contributed by atoms with Crippen molar-refractivity contribution in [2.45, 2.75) is 27.7 Å². The molecule has 384 valence electrons. The summed E-state index contributed by atoms with van der Waals surface area (Å²) in [5.41, 5.74) is 0.875. The topological polar surface area (TPSA) is 295 Å². The van der Waals surface area contributed by atoms with Gasteiger partial charge in [0, 0.05) is 48.5 Å². The van der Waals surface area contributed by atoms with Gasteiger partial charge in [-0.25, -0.2) is 38.4 Å². The van der Waals surface area contributed by atoms with Crippen molar-refractivity contribution in [2.75, 3.05) is 105 Å². The highest BCUT2D eigenvalue weighted by atomic mass is 16.6. The van der Waals surface area contributed by atoms with E-state index in [1.165, 1.54) is 52.0 Å². The fraction of sp³-hybridized carbons (Fsp3) is 0.435. The number of carbonyl (C=O) groups is 8. The third-order valence-electron chi connectivity index (χ3n) is 8.12. The van der Waals surface area contributed by atoms with Crippen LogP contribution in [0.1, 0.15) is 27.7 Å². The summed E-state index contributed by atoms with van der Waals surface area (Å²) in [6, 6.07) is 4.89. The molecule has 24 heteroatoms. The van der Waals surface area contributed by atoms with Crippen LogP contribution in [0.5, 0.6) is 23.0 Å². The predicted octanol–water partition coefficient (Wildman–Crippen LogP) is 3.74. The molecule has 2 aromatic carbocycles. The van der Waals surface area contributed by atoms with Crippen molar-refractivity contribution < 1.29 is 95.2 Å². The van der Waals surface area contributed by atoms with Gasteiger partial charge in [0.15, 0.2) is 0 Å². The Hall–Kier alpha value is -7.54. The summed E-state index contributed by atoms with van der Waals surface area (Å²) >= 11 is 0. The minimum atomic E-state index is -1.01. The van der Waals surface area contributed by atoms with Crippen LogP contribution in [0.4, 0.5) is 19.2 Å². The van der Waals surface area contributed by atoms with E-state index in [9.17, 15) is 38.4 Å². The lowest BCUT2D eigenvalue weighted by atomic mass is 10.1. The molecule has 0 heterocycles. The first-order chi connectivity index (χ1) is 33.4. The largest absolute Gasteiger partial charge is 0.460 e. The quantitative estimate of drug-likeness (QED) is 0.0351. The lowest BCUT2D eigenvalue weighted by Crippen LogP contribution is -2.32. The van der Waals surface area contributed by atoms with Crippen molar-refractivity contribution in [3.63, 3.8) is 0 Å². The smallest absolute Gasteiger partial charge is 0.412 e. The second-order valence-corrected chi connectivity index (χ2v) is 14.3. The minimum Gasteiger partial charge on any atom is -0.460 e.